The summed E-state index contributed by atoms with van der Waals surface area (Å²) in [4.78, 5) is 2.76. The van der Waals surface area contributed by atoms with Crippen LogP contribution in [0.1, 0.15) is 36.8 Å². The molecule has 1 N–H and O–H groups in total. The van der Waals surface area contributed by atoms with E-state index in [2.05, 4.69) is 63.3 Å². The van der Waals surface area contributed by atoms with Crippen molar-refractivity contribution < 1.29 is 0 Å². The van der Waals surface area contributed by atoms with Crippen LogP contribution in [0.25, 0.3) is 10.4 Å². The van der Waals surface area contributed by atoms with Crippen molar-refractivity contribution in [2.75, 3.05) is 7.05 Å². The van der Waals surface area contributed by atoms with E-state index in [1.54, 1.807) is 0 Å². The van der Waals surface area contributed by atoms with Crippen molar-refractivity contribution in [1.82, 2.24) is 5.32 Å². The lowest BCUT2D eigenvalue weighted by molar-refractivity contribution is 0.590. The van der Waals surface area contributed by atoms with Crippen LogP contribution in [0.3, 0.4) is 0 Å². The maximum Gasteiger partial charge on any atom is 0.0348 e. The Morgan fingerprint density at radius 3 is 2.47 bits per heavy atom. The molecule has 1 aromatic heterocycles. The molecule has 2 aromatic rings. The molecule has 0 amide bonds. The van der Waals surface area contributed by atoms with Crippen molar-refractivity contribution in [3.8, 4) is 10.4 Å². The van der Waals surface area contributed by atoms with Crippen molar-refractivity contribution in [1.29, 1.82) is 0 Å². The minimum atomic E-state index is 0.202. The number of hydrogen-bond acceptors (Lipinski definition) is 2. The smallest absolute Gasteiger partial charge is 0.0348 e. The fourth-order valence-corrected chi connectivity index (χ4v) is 3.25. The Bertz CT molecular complexity index is 561. The highest BCUT2D eigenvalue weighted by Gasteiger charge is 2.15. The van der Waals surface area contributed by atoms with Gasteiger partial charge >= 0.3 is 0 Å². The van der Waals surface area contributed by atoms with Gasteiger partial charge in [-0.1, -0.05) is 32.9 Å². The molecule has 0 saturated carbocycles. The van der Waals surface area contributed by atoms with E-state index in [4.69, 9.17) is 0 Å². The van der Waals surface area contributed by atoms with Gasteiger partial charge in [0.2, 0.25) is 0 Å². The van der Waals surface area contributed by atoms with E-state index in [-0.39, 0.29) is 5.41 Å². The zero-order valence-corrected chi connectivity index (χ0v) is 13.3. The van der Waals surface area contributed by atoms with Crippen LogP contribution in [-0.2, 0) is 12.0 Å². The third kappa shape index (κ3) is 3.26. The first-order valence-electron chi connectivity index (χ1n) is 6.76. The minimum Gasteiger partial charge on any atom is -0.315 e. The summed E-state index contributed by atoms with van der Waals surface area (Å²) in [7, 11) is 1.99. The molecule has 0 atom stereocenters. The molecule has 102 valence electrons. The second kappa shape index (κ2) is 5.48. The summed E-state index contributed by atoms with van der Waals surface area (Å²) >= 11 is 1.88. The number of nitrogens with one attached hydrogen (secondary N) is 1. The summed E-state index contributed by atoms with van der Waals surface area (Å²) in [6.07, 6.45) is 0. The molecule has 1 aromatic carbocycles. The Morgan fingerprint density at radius 2 is 1.84 bits per heavy atom. The van der Waals surface area contributed by atoms with Crippen molar-refractivity contribution in [2.24, 2.45) is 0 Å². The first kappa shape index (κ1) is 14.3. The predicted octanol–water partition coefficient (Wildman–Crippen LogP) is 4.74. The van der Waals surface area contributed by atoms with Crippen LogP contribution in [0.15, 0.2) is 30.3 Å². The van der Waals surface area contributed by atoms with E-state index in [9.17, 15) is 0 Å². The highest BCUT2D eigenvalue weighted by molar-refractivity contribution is 7.15. The maximum atomic E-state index is 3.21. The molecule has 0 spiro atoms. The first-order valence-corrected chi connectivity index (χ1v) is 7.58. The largest absolute Gasteiger partial charge is 0.315 e. The van der Waals surface area contributed by atoms with Gasteiger partial charge in [0.25, 0.3) is 0 Å². The normalized spacial score (nSPS) is 11.8. The molecular weight excluding hydrogens is 250 g/mol. The Labute approximate surface area is 120 Å². The summed E-state index contributed by atoms with van der Waals surface area (Å²) in [5.41, 5.74) is 4.33. The molecule has 1 heterocycles. The van der Waals surface area contributed by atoms with Gasteiger partial charge in [-0.3, -0.25) is 0 Å². The topological polar surface area (TPSA) is 12.0 Å². The number of benzene rings is 1. The average Bonchev–Trinajstić information content (AvgIpc) is 2.77. The minimum absolute atomic E-state index is 0.202. The van der Waals surface area contributed by atoms with Gasteiger partial charge in [-0.05, 0) is 54.3 Å². The highest BCUT2D eigenvalue weighted by Crippen LogP contribution is 2.34. The zero-order chi connectivity index (χ0) is 14.0. The van der Waals surface area contributed by atoms with Gasteiger partial charge in [0.1, 0.15) is 0 Å². The average molecular weight is 273 g/mol. The summed E-state index contributed by atoms with van der Waals surface area (Å²) < 4.78 is 0. The predicted molar refractivity (Wildman–Crippen MR) is 86.0 cm³/mol. The molecule has 0 bridgehead atoms. The van der Waals surface area contributed by atoms with Crippen molar-refractivity contribution in [2.45, 2.75) is 39.7 Å². The van der Waals surface area contributed by atoms with Crippen molar-refractivity contribution >= 4 is 11.3 Å². The fraction of sp³-hybridized carbons (Fsp3) is 0.412. The SMILES string of the molecule is CNCc1ccc(-c2cc(C(C)(C)C)ccc2C)s1. The van der Waals surface area contributed by atoms with E-state index >= 15 is 0 Å². The van der Waals surface area contributed by atoms with Crippen LogP contribution in [0, 0.1) is 6.92 Å². The highest BCUT2D eigenvalue weighted by atomic mass is 32.1. The van der Waals surface area contributed by atoms with Crippen LogP contribution in [-0.4, -0.2) is 7.05 Å². The van der Waals surface area contributed by atoms with Gasteiger partial charge in [-0.2, -0.15) is 0 Å². The number of thiophene rings is 1. The van der Waals surface area contributed by atoms with Crippen LogP contribution in [0.2, 0.25) is 0 Å². The third-order valence-electron chi connectivity index (χ3n) is 3.38. The summed E-state index contributed by atoms with van der Waals surface area (Å²) in [5.74, 6) is 0. The lowest BCUT2D eigenvalue weighted by Gasteiger charge is -2.20. The number of hydrogen-bond donors (Lipinski definition) is 1. The molecule has 0 fully saturated rings. The van der Waals surface area contributed by atoms with Crippen LogP contribution < -0.4 is 5.32 Å². The molecule has 0 unspecified atom stereocenters. The van der Waals surface area contributed by atoms with E-state index in [0.717, 1.165) is 6.54 Å². The molecule has 0 aliphatic rings. The summed E-state index contributed by atoms with van der Waals surface area (Å²) in [6.45, 7) is 9.94. The molecule has 1 nitrogen and oxygen atoms in total. The Kier molecular flexibility index (Phi) is 4.12. The van der Waals surface area contributed by atoms with E-state index in [0.29, 0.717) is 0 Å². The lowest BCUT2D eigenvalue weighted by Crippen LogP contribution is -2.11. The Morgan fingerprint density at radius 1 is 1.11 bits per heavy atom. The van der Waals surface area contributed by atoms with Crippen molar-refractivity contribution in [3.63, 3.8) is 0 Å². The van der Waals surface area contributed by atoms with Gasteiger partial charge in [0, 0.05) is 16.3 Å². The van der Waals surface area contributed by atoms with Crippen LogP contribution in [0.5, 0.6) is 0 Å². The van der Waals surface area contributed by atoms with Gasteiger partial charge in [0.05, 0.1) is 0 Å². The quantitative estimate of drug-likeness (QED) is 0.851. The standard InChI is InChI=1S/C17H23NS/c1-12-6-7-13(17(2,3)4)10-15(12)16-9-8-14(19-16)11-18-5/h6-10,18H,11H2,1-5H3. The van der Waals surface area contributed by atoms with Gasteiger partial charge in [-0.15, -0.1) is 11.3 Å². The molecule has 0 aliphatic heterocycles. The number of aryl methyl sites for hydroxylation is 1. The first-order chi connectivity index (χ1) is 8.91. The van der Waals surface area contributed by atoms with Gasteiger partial charge in [0.15, 0.2) is 0 Å². The molecule has 2 heteroatoms. The third-order valence-corrected chi connectivity index (χ3v) is 4.50. The Hall–Kier alpha value is -1.12. The Balaban J connectivity index is 2.42. The fourth-order valence-electron chi connectivity index (χ4n) is 2.15. The molecular formula is C17H23NS. The zero-order valence-electron chi connectivity index (χ0n) is 12.5. The van der Waals surface area contributed by atoms with Crippen molar-refractivity contribution in [3.05, 3.63) is 46.3 Å². The molecule has 19 heavy (non-hydrogen) atoms. The van der Waals surface area contributed by atoms with Crippen LogP contribution in [0.4, 0.5) is 0 Å². The second-order valence-electron chi connectivity index (χ2n) is 6.08. The molecule has 0 radical (unpaired) electrons. The lowest BCUT2D eigenvalue weighted by atomic mass is 9.85. The van der Waals surface area contributed by atoms with E-state index < -0.39 is 0 Å². The molecule has 2 rings (SSSR count). The van der Waals surface area contributed by atoms with E-state index in [1.165, 1.54) is 26.4 Å². The number of rotatable bonds is 3. The second-order valence-corrected chi connectivity index (χ2v) is 7.24. The monoisotopic (exact) mass is 273 g/mol. The van der Waals surface area contributed by atoms with Gasteiger partial charge < -0.3 is 5.32 Å². The maximum absolute atomic E-state index is 3.21. The molecule has 0 saturated heterocycles. The summed E-state index contributed by atoms with van der Waals surface area (Å²) in [5, 5.41) is 3.21. The van der Waals surface area contributed by atoms with Gasteiger partial charge in [-0.25, -0.2) is 0 Å². The summed E-state index contributed by atoms with van der Waals surface area (Å²) in [6, 6.07) is 11.3. The van der Waals surface area contributed by atoms with E-state index in [1.807, 2.05) is 18.4 Å². The van der Waals surface area contributed by atoms with Crippen LogP contribution >= 0.6 is 11.3 Å². The molecule has 0 aliphatic carbocycles.